The van der Waals surface area contributed by atoms with Crippen LogP contribution < -0.4 is 5.32 Å². The molecule has 2 rings (SSSR count). The predicted octanol–water partition coefficient (Wildman–Crippen LogP) is 2.86. The maximum absolute atomic E-state index is 12.3. The Hall–Kier alpha value is -2.12. The number of hydrogen-bond acceptors (Lipinski definition) is 5. The molecule has 7 heteroatoms. The highest BCUT2D eigenvalue weighted by Crippen LogP contribution is 2.16. The van der Waals surface area contributed by atoms with E-state index < -0.39 is 9.84 Å². The number of nitrogens with one attached hydrogen (secondary N) is 1. The summed E-state index contributed by atoms with van der Waals surface area (Å²) in [7, 11) is -3.38. The van der Waals surface area contributed by atoms with Gasteiger partial charge in [0, 0.05) is 19.8 Å². The Labute approximate surface area is 154 Å². The summed E-state index contributed by atoms with van der Waals surface area (Å²) in [5, 5.41) is 2.72. The molecule has 1 heterocycles. The van der Waals surface area contributed by atoms with Crippen molar-refractivity contribution in [3.8, 4) is 0 Å². The van der Waals surface area contributed by atoms with Gasteiger partial charge in [-0.05, 0) is 38.0 Å². The van der Waals surface area contributed by atoms with Crippen molar-refractivity contribution in [2.45, 2.75) is 31.8 Å². The number of benzene rings is 1. The SMILES string of the molecule is CCOCCCNC(=O)c1ccc(CS(=O)(=O)Cc2ccc(C)cc2)o1. The lowest BCUT2D eigenvalue weighted by atomic mass is 10.2. The van der Waals surface area contributed by atoms with Crippen LogP contribution in [0.15, 0.2) is 40.8 Å². The molecule has 1 N–H and O–H groups in total. The van der Waals surface area contributed by atoms with E-state index >= 15 is 0 Å². The summed E-state index contributed by atoms with van der Waals surface area (Å²) >= 11 is 0. The molecule has 0 spiro atoms. The van der Waals surface area contributed by atoms with Crippen LogP contribution >= 0.6 is 0 Å². The average molecular weight is 379 g/mol. The Balaban J connectivity index is 1.88. The molecule has 0 aliphatic rings. The smallest absolute Gasteiger partial charge is 0.286 e. The number of rotatable bonds is 10. The Kier molecular flexibility index (Phi) is 7.41. The predicted molar refractivity (Wildman–Crippen MR) is 99.7 cm³/mol. The summed E-state index contributed by atoms with van der Waals surface area (Å²) in [5.41, 5.74) is 1.81. The van der Waals surface area contributed by atoms with Crippen molar-refractivity contribution in [3.63, 3.8) is 0 Å². The first kappa shape index (κ1) is 20.2. The standard InChI is InChI=1S/C19H25NO5S/c1-3-24-12-4-11-20-19(21)18-10-9-17(25-18)14-26(22,23)13-16-7-5-15(2)6-8-16/h5-10H,3-4,11-14H2,1-2H3,(H,20,21). The average Bonchev–Trinajstić information content (AvgIpc) is 3.04. The van der Waals surface area contributed by atoms with Crippen LogP contribution in [-0.4, -0.2) is 34.1 Å². The summed E-state index contributed by atoms with van der Waals surface area (Å²) in [4.78, 5) is 12.0. The van der Waals surface area contributed by atoms with Gasteiger partial charge in [-0.15, -0.1) is 0 Å². The molecule has 142 valence electrons. The maximum Gasteiger partial charge on any atom is 0.286 e. The van der Waals surface area contributed by atoms with Crippen molar-refractivity contribution in [2.75, 3.05) is 19.8 Å². The number of furan rings is 1. The fraction of sp³-hybridized carbons (Fsp3) is 0.421. The van der Waals surface area contributed by atoms with Gasteiger partial charge in [-0.25, -0.2) is 8.42 Å². The highest BCUT2D eigenvalue weighted by Gasteiger charge is 2.18. The molecule has 0 unspecified atom stereocenters. The highest BCUT2D eigenvalue weighted by atomic mass is 32.2. The van der Waals surface area contributed by atoms with E-state index in [9.17, 15) is 13.2 Å². The van der Waals surface area contributed by atoms with Gasteiger partial charge in [-0.3, -0.25) is 4.79 Å². The van der Waals surface area contributed by atoms with Crippen LogP contribution in [0.1, 0.15) is 40.8 Å². The zero-order valence-corrected chi connectivity index (χ0v) is 16.0. The van der Waals surface area contributed by atoms with Crippen molar-refractivity contribution < 1.29 is 22.4 Å². The highest BCUT2D eigenvalue weighted by molar-refractivity contribution is 7.89. The maximum atomic E-state index is 12.3. The van der Waals surface area contributed by atoms with Gasteiger partial charge < -0.3 is 14.5 Å². The van der Waals surface area contributed by atoms with Gasteiger partial charge >= 0.3 is 0 Å². The molecule has 6 nitrogen and oxygen atoms in total. The van der Waals surface area contributed by atoms with E-state index in [4.69, 9.17) is 9.15 Å². The molecule has 0 saturated heterocycles. The second-order valence-electron chi connectivity index (χ2n) is 6.09. The largest absolute Gasteiger partial charge is 0.455 e. The molecule has 0 fully saturated rings. The molecular formula is C19H25NO5S. The van der Waals surface area contributed by atoms with Crippen molar-refractivity contribution in [1.82, 2.24) is 5.32 Å². The van der Waals surface area contributed by atoms with Crippen molar-refractivity contribution in [3.05, 3.63) is 59.0 Å². The van der Waals surface area contributed by atoms with E-state index in [-0.39, 0.29) is 28.9 Å². The molecule has 1 amide bonds. The minimum absolute atomic E-state index is 0.0626. The Morgan fingerprint density at radius 2 is 1.85 bits per heavy atom. The fourth-order valence-corrected chi connectivity index (χ4v) is 3.78. The van der Waals surface area contributed by atoms with Gasteiger partial charge in [0.1, 0.15) is 11.5 Å². The molecular weight excluding hydrogens is 354 g/mol. The van der Waals surface area contributed by atoms with Gasteiger partial charge in [-0.1, -0.05) is 29.8 Å². The summed E-state index contributed by atoms with van der Waals surface area (Å²) in [6, 6.07) is 10.4. The van der Waals surface area contributed by atoms with Gasteiger partial charge in [0.05, 0.1) is 5.75 Å². The van der Waals surface area contributed by atoms with Gasteiger partial charge in [0.15, 0.2) is 15.6 Å². The Morgan fingerprint density at radius 3 is 2.54 bits per heavy atom. The van der Waals surface area contributed by atoms with E-state index in [1.54, 1.807) is 12.1 Å². The lowest BCUT2D eigenvalue weighted by molar-refractivity contribution is 0.0915. The van der Waals surface area contributed by atoms with E-state index in [1.807, 2.05) is 26.0 Å². The van der Waals surface area contributed by atoms with E-state index in [1.165, 1.54) is 12.1 Å². The van der Waals surface area contributed by atoms with Crippen LogP contribution in [0.3, 0.4) is 0 Å². The molecule has 0 aliphatic carbocycles. The lowest BCUT2D eigenvalue weighted by Crippen LogP contribution is -2.24. The number of sulfone groups is 1. The van der Waals surface area contributed by atoms with Crippen LogP contribution in [0.25, 0.3) is 0 Å². The van der Waals surface area contributed by atoms with Crippen LogP contribution in [0.4, 0.5) is 0 Å². The van der Waals surface area contributed by atoms with Gasteiger partial charge in [0.25, 0.3) is 5.91 Å². The third-order valence-corrected chi connectivity index (χ3v) is 5.21. The van der Waals surface area contributed by atoms with Crippen molar-refractivity contribution in [2.24, 2.45) is 0 Å². The third-order valence-electron chi connectivity index (χ3n) is 3.71. The number of carbonyl (C=O) groups excluding carboxylic acids is 1. The van der Waals surface area contributed by atoms with E-state index in [2.05, 4.69) is 5.32 Å². The zero-order valence-electron chi connectivity index (χ0n) is 15.2. The molecule has 0 radical (unpaired) electrons. The first-order valence-corrected chi connectivity index (χ1v) is 10.4. The third kappa shape index (κ3) is 6.65. The summed E-state index contributed by atoms with van der Waals surface area (Å²) in [6.07, 6.45) is 0.706. The van der Waals surface area contributed by atoms with E-state index in [0.717, 1.165) is 11.1 Å². The Bertz CT molecular complexity index is 809. The van der Waals surface area contributed by atoms with Gasteiger partial charge in [-0.2, -0.15) is 0 Å². The summed E-state index contributed by atoms with van der Waals surface area (Å²) in [5.74, 6) is -0.284. The summed E-state index contributed by atoms with van der Waals surface area (Å²) in [6.45, 7) is 5.56. The number of ether oxygens (including phenoxy) is 1. The molecule has 0 saturated carbocycles. The van der Waals surface area contributed by atoms with E-state index in [0.29, 0.717) is 26.2 Å². The monoisotopic (exact) mass is 379 g/mol. The molecule has 26 heavy (non-hydrogen) atoms. The minimum atomic E-state index is -3.38. The minimum Gasteiger partial charge on any atom is -0.455 e. The molecule has 1 aromatic carbocycles. The molecule has 0 atom stereocenters. The van der Waals surface area contributed by atoms with Crippen LogP contribution in [0.5, 0.6) is 0 Å². The normalized spacial score (nSPS) is 11.5. The van der Waals surface area contributed by atoms with Crippen molar-refractivity contribution in [1.29, 1.82) is 0 Å². The number of hydrogen-bond donors (Lipinski definition) is 1. The topological polar surface area (TPSA) is 85.6 Å². The molecule has 0 bridgehead atoms. The first-order chi connectivity index (χ1) is 12.4. The molecule has 0 aliphatic heterocycles. The quantitative estimate of drug-likeness (QED) is 0.642. The van der Waals surface area contributed by atoms with Gasteiger partial charge in [0.2, 0.25) is 0 Å². The fourth-order valence-electron chi connectivity index (χ4n) is 2.39. The number of carbonyl (C=O) groups is 1. The van der Waals surface area contributed by atoms with Crippen LogP contribution in [0, 0.1) is 6.92 Å². The number of amides is 1. The number of aryl methyl sites for hydroxylation is 1. The second-order valence-corrected chi connectivity index (χ2v) is 8.15. The lowest BCUT2D eigenvalue weighted by Gasteiger charge is -2.04. The zero-order chi connectivity index (χ0) is 19.0. The molecule has 1 aromatic heterocycles. The van der Waals surface area contributed by atoms with Crippen LogP contribution in [-0.2, 0) is 26.1 Å². The Morgan fingerprint density at radius 1 is 1.12 bits per heavy atom. The summed E-state index contributed by atoms with van der Waals surface area (Å²) < 4.78 is 35.3. The second kappa shape index (κ2) is 9.54. The first-order valence-electron chi connectivity index (χ1n) is 8.60. The molecule has 2 aromatic rings. The van der Waals surface area contributed by atoms with Crippen molar-refractivity contribution >= 4 is 15.7 Å². The van der Waals surface area contributed by atoms with Crippen LogP contribution in [0.2, 0.25) is 0 Å².